The van der Waals surface area contributed by atoms with E-state index in [1.807, 2.05) is 12.1 Å². The molecule has 0 saturated heterocycles. The summed E-state index contributed by atoms with van der Waals surface area (Å²) in [4.78, 5) is 0. The number of quaternary nitrogens is 1. The van der Waals surface area contributed by atoms with Crippen molar-refractivity contribution in [3.63, 3.8) is 0 Å². The second-order valence-corrected chi connectivity index (χ2v) is 7.52. The van der Waals surface area contributed by atoms with Gasteiger partial charge in [-0.25, -0.2) is 0 Å². The quantitative estimate of drug-likeness (QED) is 0.710. The van der Waals surface area contributed by atoms with E-state index in [9.17, 15) is 0 Å². The summed E-state index contributed by atoms with van der Waals surface area (Å²) < 4.78 is 28.6. The fourth-order valence-corrected chi connectivity index (χ4v) is 4.16. The lowest BCUT2D eigenvalue weighted by atomic mass is 9.86. The number of benzene rings is 2. The molecule has 1 aliphatic rings. The molecule has 0 fully saturated rings. The Labute approximate surface area is 167 Å². The molecule has 1 aliphatic heterocycles. The van der Waals surface area contributed by atoms with E-state index >= 15 is 0 Å². The highest BCUT2D eigenvalue weighted by Crippen LogP contribution is 2.47. The zero-order chi connectivity index (χ0) is 20.5. The molecule has 3 rings (SSSR count). The summed E-state index contributed by atoms with van der Waals surface area (Å²) in [7, 11) is 12.7. The maximum absolute atomic E-state index is 5.59. The van der Waals surface area contributed by atoms with E-state index in [1.165, 1.54) is 11.1 Å². The summed E-state index contributed by atoms with van der Waals surface area (Å²) in [6.07, 6.45) is 0.976. The molecule has 2 aromatic carbocycles. The van der Waals surface area contributed by atoms with Crippen LogP contribution < -0.4 is 23.7 Å². The lowest BCUT2D eigenvalue weighted by Gasteiger charge is -2.43. The molecular formula is C22H30NO5+. The van der Waals surface area contributed by atoms with E-state index in [4.69, 9.17) is 23.7 Å². The third kappa shape index (κ3) is 3.33. The summed E-state index contributed by atoms with van der Waals surface area (Å²) in [6.45, 7) is 1.00. The monoisotopic (exact) mass is 388 g/mol. The molecule has 0 spiro atoms. The number of methoxy groups -OCH3 is 5. The van der Waals surface area contributed by atoms with Crippen molar-refractivity contribution < 1.29 is 28.2 Å². The van der Waals surface area contributed by atoms with Crippen LogP contribution in [0.15, 0.2) is 24.3 Å². The van der Waals surface area contributed by atoms with Gasteiger partial charge in [0.15, 0.2) is 23.0 Å². The Morgan fingerprint density at radius 3 is 1.75 bits per heavy atom. The molecule has 2 aromatic rings. The van der Waals surface area contributed by atoms with E-state index in [-0.39, 0.29) is 6.04 Å². The molecule has 1 atom stereocenters. The molecule has 6 heteroatoms. The standard InChI is InChI=1S/C22H30NO5/c1-23(2)9-8-14-10-17(24-3)18(25-4)13-16(14)21(23)15-11-19(26-5)22(28-7)20(12-15)27-6/h10-13,21H,8-9H2,1-7H3/q+1/t21-/m0/s1. The van der Waals surface area contributed by atoms with Crippen molar-refractivity contribution in [2.75, 3.05) is 56.2 Å². The van der Waals surface area contributed by atoms with Gasteiger partial charge in [0.2, 0.25) is 5.75 Å². The Hall–Kier alpha value is -2.60. The van der Waals surface area contributed by atoms with Crippen molar-refractivity contribution in [3.8, 4) is 28.7 Å². The highest BCUT2D eigenvalue weighted by atomic mass is 16.5. The summed E-state index contributed by atoms with van der Waals surface area (Å²) in [5.74, 6) is 3.41. The van der Waals surface area contributed by atoms with Crippen LogP contribution in [0, 0.1) is 0 Å². The minimum Gasteiger partial charge on any atom is -0.493 e. The van der Waals surface area contributed by atoms with Crippen molar-refractivity contribution in [2.45, 2.75) is 12.5 Å². The van der Waals surface area contributed by atoms with Gasteiger partial charge in [0.25, 0.3) is 0 Å². The van der Waals surface area contributed by atoms with Gasteiger partial charge in [-0.2, -0.15) is 0 Å². The number of ether oxygens (including phenoxy) is 5. The average Bonchev–Trinajstić information content (AvgIpc) is 2.71. The summed E-state index contributed by atoms with van der Waals surface area (Å²) in [5, 5.41) is 0. The lowest BCUT2D eigenvalue weighted by molar-refractivity contribution is -0.917. The number of rotatable bonds is 6. The zero-order valence-corrected chi connectivity index (χ0v) is 17.8. The molecule has 6 nitrogen and oxygen atoms in total. The molecule has 0 aliphatic carbocycles. The summed E-state index contributed by atoms with van der Waals surface area (Å²) in [6, 6.07) is 8.37. The van der Waals surface area contributed by atoms with Gasteiger partial charge in [-0.05, 0) is 29.8 Å². The Balaban J connectivity index is 2.24. The molecule has 0 saturated carbocycles. The SMILES string of the molecule is COc1cc2c(cc1OC)[C@H](c1cc(OC)c(OC)c(OC)c1)[N+](C)(C)CC2. The number of hydrogen-bond donors (Lipinski definition) is 0. The van der Waals surface area contributed by atoms with Crippen LogP contribution in [-0.2, 0) is 6.42 Å². The molecule has 0 radical (unpaired) electrons. The normalized spacial score (nSPS) is 17.5. The smallest absolute Gasteiger partial charge is 0.203 e. The summed E-state index contributed by atoms with van der Waals surface area (Å²) >= 11 is 0. The Kier molecular flexibility index (Phi) is 5.61. The first-order valence-corrected chi connectivity index (χ1v) is 9.27. The van der Waals surface area contributed by atoms with E-state index in [1.54, 1.807) is 35.5 Å². The minimum absolute atomic E-state index is 0.0947. The topological polar surface area (TPSA) is 46.2 Å². The highest BCUT2D eigenvalue weighted by molar-refractivity contribution is 5.57. The van der Waals surface area contributed by atoms with Crippen LogP contribution in [0.5, 0.6) is 28.7 Å². The fourth-order valence-electron chi connectivity index (χ4n) is 4.16. The Bertz CT molecular complexity index is 837. The van der Waals surface area contributed by atoms with Crippen LogP contribution >= 0.6 is 0 Å². The Morgan fingerprint density at radius 2 is 1.25 bits per heavy atom. The number of fused-ring (bicyclic) bond motifs is 1. The van der Waals surface area contributed by atoms with Gasteiger partial charge in [-0.3, -0.25) is 0 Å². The van der Waals surface area contributed by atoms with Crippen LogP contribution in [0.2, 0.25) is 0 Å². The molecule has 1 heterocycles. The summed E-state index contributed by atoms with van der Waals surface area (Å²) in [5.41, 5.74) is 3.60. The molecular weight excluding hydrogens is 358 g/mol. The Morgan fingerprint density at radius 1 is 0.714 bits per heavy atom. The van der Waals surface area contributed by atoms with Gasteiger partial charge < -0.3 is 28.2 Å². The first-order chi connectivity index (χ1) is 13.4. The maximum Gasteiger partial charge on any atom is 0.203 e. The highest BCUT2D eigenvalue weighted by Gasteiger charge is 2.39. The molecule has 152 valence electrons. The van der Waals surface area contributed by atoms with Crippen molar-refractivity contribution in [2.24, 2.45) is 0 Å². The first kappa shape index (κ1) is 20.1. The van der Waals surface area contributed by atoms with Crippen LogP contribution in [0.4, 0.5) is 0 Å². The third-order valence-electron chi connectivity index (χ3n) is 5.60. The second-order valence-electron chi connectivity index (χ2n) is 7.52. The molecule has 0 bridgehead atoms. The van der Waals surface area contributed by atoms with Gasteiger partial charge in [0.05, 0.1) is 56.2 Å². The zero-order valence-electron chi connectivity index (χ0n) is 17.8. The molecule has 0 aromatic heterocycles. The largest absolute Gasteiger partial charge is 0.493 e. The van der Waals surface area contributed by atoms with Crippen LogP contribution in [0.1, 0.15) is 22.7 Å². The van der Waals surface area contributed by atoms with Gasteiger partial charge in [-0.1, -0.05) is 0 Å². The molecule has 0 amide bonds. The fraction of sp³-hybridized carbons (Fsp3) is 0.455. The van der Waals surface area contributed by atoms with E-state index < -0.39 is 0 Å². The predicted octanol–water partition coefficient (Wildman–Crippen LogP) is 3.45. The maximum atomic E-state index is 5.59. The number of likely N-dealkylation sites (N-methyl/N-ethyl adjacent to an activating group) is 1. The van der Waals surface area contributed by atoms with Crippen molar-refractivity contribution in [1.29, 1.82) is 0 Å². The van der Waals surface area contributed by atoms with Gasteiger partial charge in [0, 0.05) is 17.5 Å². The van der Waals surface area contributed by atoms with Gasteiger partial charge in [0.1, 0.15) is 6.04 Å². The van der Waals surface area contributed by atoms with E-state index in [2.05, 4.69) is 26.2 Å². The predicted molar refractivity (Wildman–Crippen MR) is 108 cm³/mol. The van der Waals surface area contributed by atoms with Crippen LogP contribution in [0.25, 0.3) is 0 Å². The molecule has 0 unspecified atom stereocenters. The number of nitrogens with zero attached hydrogens (tertiary/aromatic N) is 1. The molecule has 28 heavy (non-hydrogen) atoms. The van der Waals surface area contributed by atoms with Crippen LogP contribution in [-0.4, -0.2) is 60.7 Å². The first-order valence-electron chi connectivity index (χ1n) is 9.27. The lowest BCUT2D eigenvalue weighted by Crippen LogP contribution is -2.48. The van der Waals surface area contributed by atoms with Crippen molar-refractivity contribution >= 4 is 0 Å². The minimum atomic E-state index is 0.0947. The van der Waals surface area contributed by atoms with E-state index in [0.29, 0.717) is 17.2 Å². The van der Waals surface area contributed by atoms with Gasteiger partial charge >= 0.3 is 0 Å². The van der Waals surface area contributed by atoms with E-state index in [0.717, 1.165) is 34.5 Å². The van der Waals surface area contributed by atoms with Crippen molar-refractivity contribution in [1.82, 2.24) is 0 Å². The molecule has 0 N–H and O–H groups in total. The van der Waals surface area contributed by atoms with Crippen LogP contribution in [0.3, 0.4) is 0 Å². The van der Waals surface area contributed by atoms with Crippen molar-refractivity contribution in [3.05, 3.63) is 41.0 Å². The van der Waals surface area contributed by atoms with Gasteiger partial charge in [-0.15, -0.1) is 0 Å². The third-order valence-corrected chi connectivity index (χ3v) is 5.60. The average molecular weight is 388 g/mol. The second kappa shape index (κ2) is 7.80. The number of hydrogen-bond acceptors (Lipinski definition) is 5.